The summed E-state index contributed by atoms with van der Waals surface area (Å²) in [7, 11) is 0. The van der Waals surface area contributed by atoms with Crippen LogP contribution in [0.25, 0.3) is 6.08 Å². The van der Waals surface area contributed by atoms with Gasteiger partial charge in [-0.1, -0.05) is 12.1 Å². The van der Waals surface area contributed by atoms with Gasteiger partial charge in [0, 0.05) is 31.3 Å². The lowest BCUT2D eigenvalue weighted by Gasteiger charge is -2.20. The summed E-state index contributed by atoms with van der Waals surface area (Å²) in [5.41, 5.74) is 1.51. The highest BCUT2D eigenvalue weighted by Crippen LogP contribution is 2.18. The number of carbonyl (C=O) groups excluding carboxylic acids is 2. The molecular formula is C20H21N3O4. The van der Waals surface area contributed by atoms with Crippen LogP contribution in [-0.4, -0.2) is 34.7 Å². The van der Waals surface area contributed by atoms with Crippen molar-refractivity contribution in [2.45, 2.75) is 13.8 Å². The Bertz CT molecular complexity index is 856. The van der Waals surface area contributed by atoms with Crippen molar-refractivity contribution in [1.29, 1.82) is 0 Å². The lowest BCUT2D eigenvalue weighted by Crippen LogP contribution is -2.31. The van der Waals surface area contributed by atoms with Gasteiger partial charge in [-0.15, -0.1) is 0 Å². The van der Waals surface area contributed by atoms with Gasteiger partial charge < -0.3 is 10.2 Å². The topological polar surface area (TPSA) is 92.6 Å². The first-order valence-corrected chi connectivity index (χ1v) is 8.58. The molecular weight excluding hydrogens is 346 g/mol. The van der Waals surface area contributed by atoms with Gasteiger partial charge in [0.05, 0.1) is 16.2 Å². The van der Waals surface area contributed by atoms with Crippen LogP contribution in [0.4, 0.5) is 11.4 Å². The van der Waals surface area contributed by atoms with Gasteiger partial charge in [-0.2, -0.15) is 0 Å². The minimum Gasteiger partial charge on any atom is -0.339 e. The fourth-order valence-corrected chi connectivity index (χ4v) is 2.51. The van der Waals surface area contributed by atoms with E-state index in [9.17, 15) is 19.7 Å². The smallest absolute Gasteiger partial charge is 0.269 e. The summed E-state index contributed by atoms with van der Waals surface area (Å²) >= 11 is 0. The average molecular weight is 367 g/mol. The summed E-state index contributed by atoms with van der Waals surface area (Å²) in [5, 5.41) is 13.4. The van der Waals surface area contributed by atoms with Crippen molar-refractivity contribution in [3.8, 4) is 0 Å². The number of carbonyl (C=O) groups is 2. The van der Waals surface area contributed by atoms with E-state index in [1.807, 2.05) is 13.8 Å². The van der Waals surface area contributed by atoms with E-state index in [0.29, 0.717) is 29.9 Å². The fourth-order valence-electron chi connectivity index (χ4n) is 2.51. The number of nitro benzene ring substituents is 1. The second kappa shape index (κ2) is 9.28. The summed E-state index contributed by atoms with van der Waals surface area (Å²) in [6.45, 7) is 4.96. The number of non-ortho nitro benzene ring substituents is 1. The lowest BCUT2D eigenvalue weighted by atomic mass is 10.1. The quantitative estimate of drug-likeness (QED) is 0.458. The van der Waals surface area contributed by atoms with Gasteiger partial charge in [0.15, 0.2) is 0 Å². The molecule has 0 aromatic heterocycles. The standard InChI is InChI=1S/C20H21N3O4/c1-3-22(4-2)20(25)17-7-5-6-8-18(17)21-19(24)14-11-15-9-12-16(13-10-15)23(26)27/h5-14H,3-4H2,1-2H3,(H,21,24)/b14-11+. The van der Waals surface area contributed by atoms with Crippen LogP contribution < -0.4 is 5.32 Å². The molecule has 27 heavy (non-hydrogen) atoms. The zero-order valence-corrected chi connectivity index (χ0v) is 15.2. The summed E-state index contributed by atoms with van der Waals surface area (Å²) in [4.78, 5) is 36.6. The maximum absolute atomic E-state index is 12.6. The average Bonchev–Trinajstić information content (AvgIpc) is 2.68. The van der Waals surface area contributed by atoms with E-state index < -0.39 is 10.8 Å². The van der Waals surface area contributed by atoms with E-state index in [0.717, 1.165) is 0 Å². The molecule has 0 unspecified atom stereocenters. The molecule has 0 saturated carbocycles. The van der Waals surface area contributed by atoms with Crippen LogP contribution in [0.15, 0.2) is 54.6 Å². The largest absolute Gasteiger partial charge is 0.339 e. The molecule has 2 rings (SSSR count). The second-order valence-electron chi connectivity index (χ2n) is 5.69. The first kappa shape index (κ1) is 19.8. The summed E-state index contributed by atoms with van der Waals surface area (Å²) in [6, 6.07) is 12.7. The molecule has 1 N–H and O–H groups in total. The minimum atomic E-state index is -0.482. The van der Waals surface area contributed by atoms with Gasteiger partial charge in [-0.25, -0.2) is 0 Å². The summed E-state index contributed by atoms with van der Waals surface area (Å²) in [6.07, 6.45) is 2.87. The van der Waals surface area contributed by atoms with Crippen molar-refractivity contribution < 1.29 is 14.5 Å². The molecule has 2 aromatic rings. The Morgan fingerprint density at radius 2 is 1.70 bits per heavy atom. The van der Waals surface area contributed by atoms with E-state index in [4.69, 9.17) is 0 Å². The van der Waals surface area contributed by atoms with Gasteiger partial charge in [0.2, 0.25) is 5.91 Å². The Hall–Kier alpha value is -3.48. The Morgan fingerprint density at radius 3 is 2.30 bits per heavy atom. The van der Waals surface area contributed by atoms with Gasteiger partial charge in [0.1, 0.15) is 0 Å². The van der Waals surface area contributed by atoms with Crippen molar-refractivity contribution in [3.05, 3.63) is 75.8 Å². The molecule has 0 fully saturated rings. The zero-order chi connectivity index (χ0) is 19.8. The maximum Gasteiger partial charge on any atom is 0.269 e. The van der Waals surface area contributed by atoms with Crippen molar-refractivity contribution in [2.24, 2.45) is 0 Å². The first-order valence-electron chi connectivity index (χ1n) is 8.58. The predicted octanol–water partition coefficient (Wildman–Crippen LogP) is 3.73. The SMILES string of the molecule is CCN(CC)C(=O)c1ccccc1NC(=O)/C=C/c1ccc([N+](=O)[O-])cc1. The molecule has 7 heteroatoms. The van der Waals surface area contributed by atoms with Gasteiger partial charge in [0.25, 0.3) is 11.6 Å². The third-order valence-corrected chi connectivity index (χ3v) is 4.00. The second-order valence-corrected chi connectivity index (χ2v) is 5.69. The molecule has 0 aliphatic carbocycles. The Labute approximate surface area is 157 Å². The highest BCUT2D eigenvalue weighted by molar-refractivity contribution is 6.07. The molecule has 0 saturated heterocycles. The Morgan fingerprint density at radius 1 is 1.07 bits per heavy atom. The van der Waals surface area contributed by atoms with Crippen molar-refractivity contribution >= 4 is 29.3 Å². The number of hydrogen-bond donors (Lipinski definition) is 1. The van der Waals surface area contributed by atoms with Crippen LogP contribution in [0.2, 0.25) is 0 Å². The number of para-hydroxylation sites is 1. The molecule has 0 aliphatic heterocycles. The van der Waals surface area contributed by atoms with E-state index in [2.05, 4.69) is 5.32 Å². The first-order chi connectivity index (χ1) is 13.0. The summed E-state index contributed by atoms with van der Waals surface area (Å²) < 4.78 is 0. The Kier molecular flexibility index (Phi) is 6.82. The number of hydrogen-bond acceptors (Lipinski definition) is 4. The van der Waals surface area contributed by atoms with Crippen LogP contribution in [0.1, 0.15) is 29.8 Å². The van der Waals surface area contributed by atoms with Crippen molar-refractivity contribution in [2.75, 3.05) is 18.4 Å². The lowest BCUT2D eigenvalue weighted by molar-refractivity contribution is -0.384. The zero-order valence-electron chi connectivity index (χ0n) is 15.2. The van der Waals surface area contributed by atoms with Crippen molar-refractivity contribution in [1.82, 2.24) is 4.90 Å². The number of nitrogens with zero attached hydrogens (tertiary/aromatic N) is 2. The summed E-state index contributed by atoms with van der Waals surface area (Å²) in [5.74, 6) is -0.539. The molecule has 0 heterocycles. The molecule has 7 nitrogen and oxygen atoms in total. The molecule has 0 radical (unpaired) electrons. The third-order valence-electron chi connectivity index (χ3n) is 4.00. The van der Waals surface area contributed by atoms with Gasteiger partial charge in [-0.3, -0.25) is 19.7 Å². The highest BCUT2D eigenvalue weighted by atomic mass is 16.6. The number of nitro groups is 1. The third kappa shape index (κ3) is 5.24. The molecule has 0 bridgehead atoms. The predicted molar refractivity (Wildman–Crippen MR) is 104 cm³/mol. The van der Waals surface area contributed by atoms with Crippen LogP contribution in [0, 0.1) is 10.1 Å². The van der Waals surface area contributed by atoms with Crippen LogP contribution >= 0.6 is 0 Å². The fraction of sp³-hybridized carbons (Fsp3) is 0.200. The van der Waals surface area contributed by atoms with Crippen LogP contribution in [0.3, 0.4) is 0 Å². The number of nitrogens with one attached hydrogen (secondary N) is 1. The number of benzene rings is 2. The molecule has 0 atom stereocenters. The van der Waals surface area contributed by atoms with E-state index in [1.54, 1.807) is 47.4 Å². The van der Waals surface area contributed by atoms with Crippen LogP contribution in [0.5, 0.6) is 0 Å². The highest BCUT2D eigenvalue weighted by Gasteiger charge is 2.16. The van der Waals surface area contributed by atoms with Crippen LogP contribution in [-0.2, 0) is 4.79 Å². The van der Waals surface area contributed by atoms with E-state index >= 15 is 0 Å². The van der Waals surface area contributed by atoms with Gasteiger partial charge >= 0.3 is 0 Å². The molecule has 140 valence electrons. The molecule has 0 aliphatic rings. The van der Waals surface area contributed by atoms with E-state index in [1.165, 1.54) is 18.2 Å². The Balaban J connectivity index is 2.11. The molecule has 2 aromatic carbocycles. The van der Waals surface area contributed by atoms with E-state index in [-0.39, 0.29) is 11.6 Å². The van der Waals surface area contributed by atoms with Gasteiger partial charge in [-0.05, 0) is 49.8 Å². The normalized spacial score (nSPS) is 10.6. The van der Waals surface area contributed by atoms with Crippen molar-refractivity contribution in [3.63, 3.8) is 0 Å². The molecule has 0 spiro atoms. The number of anilines is 1. The minimum absolute atomic E-state index is 0.0135. The monoisotopic (exact) mass is 367 g/mol. The molecule has 2 amide bonds. The number of rotatable bonds is 7. The maximum atomic E-state index is 12.6. The number of amides is 2.